The van der Waals surface area contributed by atoms with E-state index in [0.717, 1.165) is 17.5 Å². The number of likely N-dealkylation sites (tertiary alicyclic amines) is 1. The van der Waals surface area contributed by atoms with Crippen LogP contribution in [0.25, 0.3) is 0 Å². The summed E-state index contributed by atoms with van der Waals surface area (Å²) >= 11 is 0. The molecular formula is C28H37N5O5. The molecule has 1 heterocycles. The van der Waals surface area contributed by atoms with E-state index in [1.807, 2.05) is 18.7 Å². The zero-order valence-electron chi connectivity index (χ0n) is 22.5. The number of aromatic hydroxyl groups is 1. The van der Waals surface area contributed by atoms with Crippen LogP contribution < -0.4 is 15.0 Å². The lowest BCUT2D eigenvalue weighted by molar-refractivity contribution is -0.142. The van der Waals surface area contributed by atoms with Gasteiger partial charge in [0.25, 0.3) is 5.91 Å². The molecule has 3 rings (SSSR count). The number of carboxylic acids is 1. The van der Waals surface area contributed by atoms with Gasteiger partial charge < -0.3 is 20.3 Å². The minimum atomic E-state index is -0.830. The fraction of sp³-hybridized carbons (Fsp3) is 0.429. The predicted molar refractivity (Wildman–Crippen MR) is 147 cm³/mol. The molecule has 10 nitrogen and oxygen atoms in total. The highest BCUT2D eigenvalue weighted by molar-refractivity contribution is 6.48. The van der Waals surface area contributed by atoms with Gasteiger partial charge in [-0.05, 0) is 68.5 Å². The number of amides is 1. The minimum absolute atomic E-state index is 0.0359. The highest BCUT2D eigenvalue weighted by Gasteiger charge is 2.31. The Balaban J connectivity index is 1.99. The molecule has 1 fully saturated rings. The lowest BCUT2D eigenvalue weighted by atomic mass is 9.97. The van der Waals surface area contributed by atoms with E-state index in [0.29, 0.717) is 30.9 Å². The van der Waals surface area contributed by atoms with Crippen molar-refractivity contribution in [3.63, 3.8) is 0 Å². The molecule has 0 saturated carbocycles. The third-order valence-electron chi connectivity index (χ3n) is 6.54. The molecule has 1 aliphatic heterocycles. The van der Waals surface area contributed by atoms with Gasteiger partial charge >= 0.3 is 5.97 Å². The second-order valence-electron chi connectivity index (χ2n) is 10.1. The fourth-order valence-corrected chi connectivity index (χ4v) is 4.61. The number of amidine groups is 2. The molecule has 0 aromatic heterocycles. The number of methoxy groups -OCH3 is 1. The SMILES string of the molecule is COc1cc(O)c(C(=N)N(C(=N)C(=O)NC(C)C)c2ccc(CN3CCCC3C(=O)O)cc2)cc1C(C)C. The van der Waals surface area contributed by atoms with Crippen LogP contribution in [0.1, 0.15) is 63.1 Å². The number of hydrogen-bond donors (Lipinski definition) is 5. The third kappa shape index (κ3) is 6.31. The molecule has 5 N–H and O–H groups in total. The highest BCUT2D eigenvalue weighted by Crippen LogP contribution is 2.34. The van der Waals surface area contributed by atoms with Crippen LogP contribution in [0, 0.1) is 10.8 Å². The molecule has 1 atom stereocenters. The summed E-state index contributed by atoms with van der Waals surface area (Å²) in [5, 5.41) is 40.5. The van der Waals surface area contributed by atoms with Gasteiger partial charge in [0.2, 0.25) is 0 Å². The molecule has 0 spiro atoms. The number of carboxylic acid groups (broad SMARTS) is 1. The smallest absolute Gasteiger partial charge is 0.320 e. The number of phenols is 1. The average molecular weight is 524 g/mol. The molecular weight excluding hydrogens is 486 g/mol. The van der Waals surface area contributed by atoms with Crippen LogP contribution in [0.3, 0.4) is 0 Å². The number of carbonyl (C=O) groups excluding carboxylic acids is 1. The Labute approximate surface area is 223 Å². The Morgan fingerprint density at radius 2 is 1.82 bits per heavy atom. The maximum absolute atomic E-state index is 12.8. The summed E-state index contributed by atoms with van der Waals surface area (Å²) in [7, 11) is 1.51. The third-order valence-corrected chi connectivity index (χ3v) is 6.54. The molecule has 0 radical (unpaired) electrons. The van der Waals surface area contributed by atoms with E-state index in [1.165, 1.54) is 18.1 Å². The van der Waals surface area contributed by atoms with Crippen LogP contribution in [-0.2, 0) is 16.1 Å². The van der Waals surface area contributed by atoms with Crippen LogP contribution in [0.5, 0.6) is 11.5 Å². The van der Waals surface area contributed by atoms with Crippen molar-refractivity contribution in [2.45, 2.75) is 65.1 Å². The zero-order chi connectivity index (χ0) is 28.1. The van der Waals surface area contributed by atoms with Crippen LogP contribution in [0.15, 0.2) is 36.4 Å². The van der Waals surface area contributed by atoms with Gasteiger partial charge in [0.05, 0.1) is 12.7 Å². The molecule has 1 unspecified atom stereocenters. The number of benzene rings is 2. The van der Waals surface area contributed by atoms with Gasteiger partial charge in [-0.2, -0.15) is 0 Å². The maximum atomic E-state index is 12.8. The van der Waals surface area contributed by atoms with Gasteiger partial charge in [0.1, 0.15) is 23.4 Å². The molecule has 2 aromatic rings. The first-order chi connectivity index (χ1) is 17.9. The molecule has 10 heteroatoms. The molecule has 0 aliphatic carbocycles. The quantitative estimate of drug-likeness (QED) is 0.260. The number of anilines is 1. The van der Waals surface area contributed by atoms with Crippen molar-refractivity contribution in [3.05, 3.63) is 53.1 Å². The summed E-state index contributed by atoms with van der Waals surface area (Å²) in [5.74, 6) is -1.88. The van der Waals surface area contributed by atoms with Crippen molar-refractivity contribution in [3.8, 4) is 11.5 Å². The van der Waals surface area contributed by atoms with E-state index in [1.54, 1.807) is 44.2 Å². The number of aliphatic carboxylic acids is 1. The topological polar surface area (TPSA) is 150 Å². The lowest BCUT2D eigenvalue weighted by Gasteiger charge is -2.27. The number of nitrogens with one attached hydrogen (secondary N) is 3. The van der Waals surface area contributed by atoms with Crippen LogP contribution in [0.2, 0.25) is 0 Å². The van der Waals surface area contributed by atoms with Crippen molar-refractivity contribution in [2.24, 2.45) is 0 Å². The molecule has 0 bridgehead atoms. The fourth-order valence-electron chi connectivity index (χ4n) is 4.61. The standard InChI is InChI=1S/C28H37N5O5/c1-16(2)20-13-21(23(34)14-24(20)38-5)25(29)33(26(30)27(35)31-17(3)4)19-10-8-18(9-11-19)15-32-12-6-7-22(32)28(36)37/h8-11,13-14,16-17,22,29-30,34H,6-7,12,15H2,1-5H3,(H,31,35)(H,36,37). The summed E-state index contributed by atoms with van der Waals surface area (Å²) in [6.07, 6.45) is 1.44. The van der Waals surface area contributed by atoms with E-state index in [4.69, 9.17) is 15.6 Å². The van der Waals surface area contributed by atoms with Crippen molar-refractivity contribution < 1.29 is 24.5 Å². The van der Waals surface area contributed by atoms with Gasteiger partial charge in [-0.3, -0.25) is 30.2 Å². The van der Waals surface area contributed by atoms with Crippen LogP contribution >= 0.6 is 0 Å². The largest absolute Gasteiger partial charge is 0.507 e. The Kier molecular flexibility index (Phi) is 9.11. The number of rotatable bonds is 8. The molecule has 1 saturated heterocycles. The normalized spacial score (nSPS) is 15.5. The first kappa shape index (κ1) is 28.6. The summed E-state index contributed by atoms with van der Waals surface area (Å²) in [4.78, 5) is 27.5. The van der Waals surface area contributed by atoms with Crippen molar-refractivity contribution in [2.75, 3.05) is 18.6 Å². The minimum Gasteiger partial charge on any atom is -0.507 e. The molecule has 1 amide bonds. The summed E-state index contributed by atoms with van der Waals surface area (Å²) < 4.78 is 5.40. The van der Waals surface area contributed by atoms with E-state index in [-0.39, 0.29) is 29.1 Å². The second kappa shape index (κ2) is 12.1. The van der Waals surface area contributed by atoms with Crippen molar-refractivity contribution in [1.29, 1.82) is 10.8 Å². The molecule has 204 valence electrons. The van der Waals surface area contributed by atoms with Gasteiger partial charge in [0, 0.05) is 24.3 Å². The maximum Gasteiger partial charge on any atom is 0.320 e. The van der Waals surface area contributed by atoms with Gasteiger partial charge in [-0.25, -0.2) is 0 Å². The second-order valence-corrected chi connectivity index (χ2v) is 10.1. The van der Waals surface area contributed by atoms with E-state index in [2.05, 4.69) is 5.32 Å². The molecule has 2 aromatic carbocycles. The van der Waals surface area contributed by atoms with Gasteiger partial charge in [0.15, 0.2) is 5.84 Å². The van der Waals surface area contributed by atoms with E-state index in [9.17, 15) is 19.8 Å². The summed E-state index contributed by atoms with van der Waals surface area (Å²) in [5.41, 5.74) is 2.19. The van der Waals surface area contributed by atoms with Gasteiger partial charge in [-0.15, -0.1) is 0 Å². The van der Waals surface area contributed by atoms with E-state index >= 15 is 0 Å². The predicted octanol–water partition coefficient (Wildman–Crippen LogP) is 3.91. The number of hydrogen-bond acceptors (Lipinski definition) is 7. The van der Waals surface area contributed by atoms with Crippen molar-refractivity contribution in [1.82, 2.24) is 10.2 Å². The van der Waals surface area contributed by atoms with Crippen LogP contribution in [0.4, 0.5) is 5.69 Å². The Morgan fingerprint density at radius 3 is 2.37 bits per heavy atom. The van der Waals surface area contributed by atoms with E-state index < -0.39 is 23.8 Å². The number of nitrogens with zero attached hydrogens (tertiary/aromatic N) is 2. The first-order valence-electron chi connectivity index (χ1n) is 12.7. The molecule has 1 aliphatic rings. The van der Waals surface area contributed by atoms with Crippen molar-refractivity contribution >= 4 is 29.2 Å². The number of phenolic OH excluding ortho intramolecular Hbond substituents is 1. The summed E-state index contributed by atoms with van der Waals surface area (Å²) in [6, 6.07) is 9.34. The lowest BCUT2D eigenvalue weighted by Crippen LogP contribution is -2.47. The summed E-state index contributed by atoms with van der Waals surface area (Å²) in [6.45, 7) is 8.64. The number of carbonyl (C=O) groups is 2. The van der Waals surface area contributed by atoms with Crippen LogP contribution in [-0.4, -0.2) is 64.4 Å². The number of ether oxygens (including phenoxy) is 1. The highest BCUT2D eigenvalue weighted by atomic mass is 16.5. The average Bonchev–Trinajstić information content (AvgIpc) is 3.32. The van der Waals surface area contributed by atoms with Gasteiger partial charge in [-0.1, -0.05) is 26.0 Å². The Morgan fingerprint density at radius 1 is 1.16 bits per heavy atom. The Bertz CT molecular complexity index is 1210. The monoisotopic (exact) mass is 523 g/mol. The molecule has 38 heavy (non-hydrogen) atoms. The zero-order valence-corrected chi connectivity index (χ0v) is 22.5. The Hall–Kier alpha value is -3.92. The first-order valence-corrected chi connectivity index (χ1v) is 12.7.